The summed E-state index contributed by atoms with van der Waals surface area (Å²) in [6.45, 7) is 3.71. The van der Waals surface area contributed by atoms with E-state index in [1.165, 1.54) is 28.0 Å². The number of fused-ring (bicyclic) bond motifs is 2. The summed E-state index contributed by atoms with van der Waals surface area (Å²) in [6, 6.07) is 10.7. The smallest absolute Gasteiger partial charge is 0.338 e. The lowest BCUT2D eigenvalue weighted by Crippen LogP contribution is -2.39. The average molecular weight is 493 g/mol. The number of ether oxygens (including phenoxy) is 3. The van der Waals surface area contributed by atoms with Crippen LogP contribution in [0.2, 0.25) is 0 Å². The standard InChI is InChI=1S/C25H20N2O7S/c1-3-32-24(31)20-13(2)26-25-27(21(20)16-8-9-17-18(11-16)34-12-33-17)22(28)19(35-25)10-14-4-6-15(7-5-14)23(29)30/h4-11,21H,3,12H2,1-2H3,(H,29,30). The van der Waals surface area contributed by atoms with E-state index in [4.69, 9.17) is 19.3 Å². The van der Waals surface area contributed by atoms with Crippen LogP contribution in [0.5, 0.6) is 11.5 Å². The molecule has 0 saturated carbocycles. The number of rotatable bonds is 5. The van der Waals surface area contributed by atoms with Gasteiger partial charge in [-0.05, 0) is 55.3 Å². The van der Waals surface area contributed by atoms with Crippen LogP contribution < -0.4 is 24.4 Å². The van der Waals surface area contributed by atoms with E-state index in [9.17, 15) is 14.4 Å². The fourth-order valence-electron chi connectivity index (χ4n) is 4.06. The van der Waals surface area contributed by atoms with Gasteiger partial charge >= 0.3 is 11.9 Å². The van der Waals surface area contributed by atoms with Crippen molar-refractivity contribution < 1.29 is 28.9 Å². The predicted molar refractivity (Wildman–Crippen MR) is 126 cm³/mol. The molecule has 2 aliphatic heterocycles. The zero-order valence-electron chi connectivity index (χ0n) is 18.8. The molecule has 0 aliphatic carbocycles. The van der Waals surface area contributed by atoms with Gasteiger partial charge in [0.1, 0.15) is 0 Å². The van der Waals surface area contributed by atoms with Crippen LogP contribution in [0, 0.1) is 0 Å². The highest BCUT2D eigenvalue weighted by molar-refractivity contribution is 7.07. The molecule has 0 bridgehead atoms. The summed E-state index contributed by atoms with van der Waals surface area (Å²) in [5.74, 6) is -0.457. The van der Waals surface area contributed by atoms with Crippen LogP contribution in [0.25, 0.3) is 6.08 Å². The van der Waals surface area contributed by atoms with Crippen LogP contribution in [0.3, 0.4) is 0 Å². The van der Waals surface area contributed by atoms with Crippen molar-refractivity contribution in [1.29, 1.82) is 0 Å². The molecule has 3 aromatic rings. The Kier molecular flexibility index (Phi) is 5.73. The highest BCUT2D eigenvalue weighted by Crippen LogP contribution is 2.38. The number of benzene rings is 2. The van der Waals surface area contributed by atoms with Gasteiger partial charge < -0.3 is 19.3 Å². The summed E-state index contributed by atoms with van der Waals surface area (Å²) < 4.78 is 18.1. The van der Waals surface area contributed by atoms with E-state index < -0.39 is 18.0 Å². The highest BCUT2D eigenvalue weighted by atomic mass is 32.1. The molecule has 5 rings (SSSR count). The summed E-state index contributed by atoms with van der Waals surface area (Å²) in [4.78, 5) is 42.7. The second kappa shape index (κ2) is 8.88. The summed E-state index contributed by atoms with van der Waals surface area (Å²) in [5.41, 5.74) is 1.89. The minimum atomic E-state index is -1.03. The molecule has 0 saturated heterocycles. The maximum absolute atomic E-state index is 13.6. The first-order valence-corrected chi connectivity index (χ1v) is 11.6. The summed E-state index contributed by atoms with van der Waals surface area (Å²) in [6.07, 6.45) is 1.68. The zero-order chi connectivity index (χ0) is 24.7. The van der Waals surface area contributed by atoms with Crippen molar-refractivity contribution in [2.24, 2.45) is 4.99 Å². The van der Waals surface area contributed by atoms with Crippen molar-refractivity contribution in [1.82, 2.24) is 4.57 Å². The molecule has 0 fully saturated rings. The number of carbonyl (C=O) groups excluding carboxylic acids is 1. The average Bonchev–Trinajstić information content (AvgIpc) is 3.42. The maximum Gasteiger partial charge on any atom is 0.338 e. The van der Waals surface area contributed by atoms with Crippen molar-refractivity contribution in [3.05, 3.63) is 90.1 Å². The molecule has 10 heteroatoms. The Morgan fingerprint density at radius 3 is 2.66 bits per heavy atom. The molecule has 9 nitrogen and oxygen atoms in total. The van der Waals surface area contributed by atoms with Crippen molar-refractivity contribution in [2.75, 3.05) is 13.4 Å². The van der Waals surface area contributed by atoms with E-state index in [-0.39, 0.29) is 30.1 Å². The zero-order valence-corrected chi connectivity index (χ0v) is 19.6. The van der Waals surface area contributed by atoms with E-state index in [1.807, 2.05) is 0 Å². The fourth-order valence-corrected chi connectivity index (χ4v) is 5.11. The number of nitrogens with zero attached hydrogens (tertiary/aromatic N) is 2. The van der Waals surface area contributed by atoms with Gasteiger partial charge in [-0.2, -0.15) is 0 Å². The SMILES string of the molecule is CCOC(=O)C1=C(C)N=c2sc(=Cc3ccc(C(=O)O)cc3)c(=O)n2C1c1ccc2c(c1)OCO2. The second-order valence-corrected chi connectivity index (χ2v) is 8.85. The van der Waals surface area contributed by atoms with Crippen LogP contribution in [0.4, 0.5) is 0 Å². The first-order valence-electron chi connectivity index (χ1n) is 10.8. The summed E-state index contributed by atoms with van der Waals surface area (Å²) in [7, 11) is 0. The summed E-state index contributed by atoms with van der Waals surface area (Å²) in [5, 5.41) is 9.12. The van der Waals surface area contributed by atoms with Gasteiger partial charge in [-0.3, -0.25) is 9.36 Å². The molecule has 2 aromatic carbocycles. The molecule has 3 heterocycles. The molecule has 35 heavy (non-hydrogen) atoms. The van der Waals surface area contributed by atoms with Gasteiger partial charge in [-0.15, -0.1) is 0 Å². The largest absolute Gasteiger partial charge is 0.478 e. The molecular weight excluding hydrogens is 472 g/mol. The molecule has 178 valence electrons. The first-order chi connectivity index (χ1) is 16.9. The third kappa shape index (κ3) is 4.01. The number of hydrogen-bond acceptors (Lipinski definition) is 8. The number of carbonyl (C=O) groups is 2. The third-order valence-corrected chi connectivity index (χ3v) is 6.67. The lowest BCUT2D eigenvalue weighted by molar-refractivity contribution is -0.139. The van der Waals surface area contributed by atoms with Crippen LogP contribution in [0.1, 0.15) is 41.4 Å². The lowest BCUT2D eigenvalue weighted by Gasteiger charge is -2.24. The van der Waals surface area contributed by atoms with Gasteiger partial charge in [0, 0.05) is 0 Å². The predicted octanol–water partition coefficient (Wildman–Crippen LogP) is 2.23. The number of hydrogen-bond donors (Lipinski definition) is 1. The second-order valence-electron chi connectivity index (χ2n) is 7.84. The Balaban J connectivity index is 1.68. The Hall–Kier alpha value is -4.18. The number of thiazole rings is 1. The van der Waals surface area contributed by atoms with Gasteiger partial charge in [0.2, 0.25) is 6.79 Å². The quantitative estimate of drug-likeness (QED) is 0.543. The molecule has 2 aliphatic rings. The van der Waals surface area contributed by atoms with E-state index in [0.717, 1.165) is 0 Å². The van der Waals surface area contributed by atoms with Gasteiger partial charge in [0.15, 0.2) is 16.3 Å². The van der Waals surface area contributed by atoms with Gasteiger partial charge in [-0.25, -0.2) is 14.6 Å². The Morgan fingerprint density at radius 2 is 1.94 bits per heavy atom. The topological polar surface area (TPSA) is 116 Å². The molecule has 1 N–H and O–H groups in total. The molecule has 1 unspecified atom stereocenters. The van der Waals surface area contributed by atoms with Crippen LogP contribution in [0.15, 0.2) is 63.5 Å². The monoisotopic (exact) mass is 492 g/mol. The van der Waals surface area contributed by atoms with Crippen LogP contribution in [-0.2, 0) is 9.53 Å². The Labute approximate surface area is 202 Å². The van der Waals surface area contributed by atoms with Crippen molar-refractivity contribution in [3.63, 3.8) is 0 Å². The van der Waals surface area contributed by atoms with Crippen LogP contribution in [-0.4, -0.2) is 35.0 Å². The number of allylic oxidation sites excluding steroid dienone is 1. The minimum absolute atomic E-state index is 0.0990. The third-order valence-electron chi connectivity index (χ3n) is 5.68. The Morgan fingerprint density at radius 1 is 1.20 bits per heavy atom. The van der Waals surface area contributed by atoms with Crippen LogP contribution >= 0.6 is 11.3 Å². The van der Waals surface area contributed by atoms with Crippen molar-refractivity contribution in [3.8, 4) is 11.5 Å². The van der Waals surface area contributed by atoms with Gasteiger partial charge in [0.05, 0.1) is 34.0 Å². The maximum atomic E-state index is 13.6. The minimum Gasteiger partial charge on any atom is -0.478 e. The highest BCUT2D eigenvalue weighted by Gasteiger charge is 2.34. The molecule has 0 amide bonds. The molecule has 1 aromatic heterocycles. The Bertz CT molecular complexity index is 1560. The van der Waals surface area contributed by atoms with E-state index >= 15 is 0 Å². The number of carboxylic acids is 1. The number of aromatic nitrogens is 1. The normalized spacial score (nSPS) is 16.6. The molecule has 0 radical (unpaired) electrons. The van der Waals surface area contributed by atoms with Crippen molar-refractivity contribution in [2.45, 2.75) is 19.9 Å². The van der Waals surface area contributed by atoms with Crippen molar-refractivity contribution >= 4 is 29.4 Å². The van der Waals surface area contributed by atoms with E-state index in [1.54, 1.807) is 50.3 Å². The molecule has 0 spiro atoms. The number of aromatic carboxylic acids is 1. The summed E-state index contributed by atoms with van der Waals surface area (Å²) >= 11 is 1.19. The first kappa shape index (κ1) is 22.6. The number of esters is 1. The van der Waals surface area contributed by atoms with E-state index in [0.29, 0.717) is 37.7 Å². The van der Waals surface area contributed by atoms with Gasteiger partial charge in [-0.1, -0.05) is 29.5 Å². The number of carboxylic acid groups (broad SMARTS) is 1. The lowest BCUT2D eigenvalue weighted by atomic mass is 9.95. The molecular formula is C25H20N2O7S. The molecule has 1 atom stereocenters. The van der Waals surface area contributed by atoms with E-state index in [2.05, 4.69) is 4.99 Å². The fraction of sp³-hybridized carbons (Fsp3) is 0.200. The van der Waals surface area contributed by atoms with Gasteiger partial charge in [0.25, 0.3) is 5.56 Å².